The van der Waals surface area contributed by atoms with Crippen molar-refractivity contribution in [1.82, 2.24) is 4.98 Å². The van der Waals surface area contributed by atoms with Crippen LogP contribution < -0.4 is 10.1 Å². The summed E-state index contributed by atoms with van der Waals surface area (Å²) in [5.41, 5.74) is 2.54. The van der Waals surface area contributed by atoms with E-state index in [0.717, 1.165) is 11.3 Å². The first-order valence-electron chi connectivity index (χ1n) is 5.83. The molecule has 2 aromatic rings. The molecular weight excluding hydrogens is 250 g/mol. The molecule has 0 aliphatic carbocycles. The zero-order chi connectivity index (χ0) is 13.7. The lowest BCUT2D eigenvalue weighted by Gasteiger charge is -2.12. The van der Waals surface area contributed by atoms with Gasteiger partial charge >= 0.3 is 6.61 Å². The summed E-state index contributed by atoms with van der Waals surface area (Å²) in [5.74, 6) is 0.186. The van der Waals surface area contributed by atoms with Crippen LogP contribution in [-0.2, 0) is 6.54 Å². The summed E-state index contributed by atoms with van der Waals surface area (Å²) >= 11 is 0. The van der Waals surface area contributed by atoms with Crippen molar-refractivity contribution in [3.63, 3.8) is 0 Å². The van der Waals surface area contributed by atoms with E-state index in [1.165, 1.54) is 6.07 Å². The lowest BCUT2D eigenvalue weighted by molar-refractivity contribution is -0.0504. The minimum Gasteiger partial charge on any atom is -0.434 e. The largest absolute Gasteiger partial charge is 0.434 e. The summed E-state index contributed by atoms with van der Waals surface area (Å²) in [7, 11) is 0. The second-order valence-electron chi connectivity index (χ2n) is 4.09. The van der Waals surface area contributed by atoms with Crippen molar-refractivity contribution in [2.45, 2.75) is 20.1 Å². The predicted octanol–water partition coefficient (Wildman–Crippen LogP) is 3.60. The number of para-hydroxylation sites is 1. The highest BCUT2D eigenvalue weighted by Crippen LogP contribution is 2.21. The molecule has 0 bridgehead atoms. The molecule has 0 spiro atoms. The summed E-state index contributed by atoms with van der Waals surface area (Å²) in [6.07, 6.45) is 3.43. The van der Waals surface area contributed by atoms with Crippen LogP contribution in [0.2, 0.25) is 0 Å². The van der Waals surface area contributed by atoms with Crippen molar-refractivity contribution in [3.05, 3.63) is 53.9 Å². The summed E-state index contributed by atoms with van der Waals surface area (Å²) in [6, 6.07) is 8.65. The van der Waals surface area contributed by atoms with E-state index in [1.807, 2.05) is 13.0 Å². The number of halogens is 2. The van der Waals surface area contributed by atoms with Crippen molar-refractivity contribution in [2.75, 3.05) is 5.32 Å². The number of benzene rings is 1. The maximum atomic E-state index is 12.3. The predicted molar refractivity (Wildman–Crippen MR) is 69.4 cm³/mol. The molecule has 0 atom stereocenters. The molecule has 0 unspecified atom stereocenters. The van der Waals surface area contributed by atoms with Crippen molar-refractivity contribution < 1.29 is 13.5 Å². The topological polar surface area (TPSA) is 34.2 Å². The molecule has 2 rings (SSSR count). The van der Waals surface area contributed by atoms with Crippen LogP contribution in [0.1, 0.15) is 11.1 Å². The summed E-state index contributed by atoms with van der Waals surface area (Å²) < 4.78 is 29.0. The number of pyridine rings is 1. The smallest absolute Gasteiger partial charge is 0.387 e. The molecule has 100 valence electrons. The summed E-state index contributed by atoms with van der Waals surface area (Å²) in [5, 5.41) is 3.13. The third-order valence-electron chi connectivity index (χ3n) is 2.55. The number of hydrogen-bond donors (Lipinski definition) is 1. The lowest BCUT2D eigenvalue weighted by atomic mass is 10.2. The van der Waals surface area contributed by atoms with Gasteiger partial charge in [0.05, 0.1) is 5.69 Å². The number of anilines is 1. The van der Waals surface area contributed by atoms with Gasteiger partial charge in [-0.1, -0.05) is 18.2 Å². The number of rotatable bonds is 5. The van der Waals surface area contributed by atoms with E-state index in [1.54, 1.807) is 30.6 Å². The molecular formula is C14H14F2N2O. The highest BCUT2D eigenvalue weighted by atomic mass is 19.3. The second-order valence-corrected chi connectivity index (χ2v) is 4.09. The van der Waals surface area contributed by atoms with Gasteiger partial charge < -0.3 is 10.1 Å². The fourth-order valence-electron chi connectivity index (χ4n) is 1.71. The fourth-order valence-corrected chi connectivity index (χ4v) is 1.71. The van der Waals surface area contributed by atoms with Crippen LogP contribution in [0.5, 0.6) is 5.75 Å². The molecule has 0 amide bonds. The van der Waals surface area contributed by atoms with Crippen LogP contribution in [0.25, 0.3) is 0 Å². The Balaban J connectivity index is 2.07. The highest BCUT2D eigenvalue weighted by molar-refractivity contribution is 5.44. The van der Waals surface area contributed by atoms with Crippen molar-refractivity contribution in [2.24, 2.45) is 0 Å². The molecule has 0 aliphatic heterocycles. The van der Waals surface area contributed by atoms with Crippen LogP contribution in [0.4, 0.5) is 14.5 Å². The average Bonchev–Trinajstić information content (AvgIpc) is 2.37. The van der Waals surface area contributed by atoms with Gasteiger partial charge in [0.1, 0.15) is 5.75 Å². The molecule has 5 heteroatoms. The Morgan fingerprint density at radius 1 is 1.26 bits per heavy atom. The lowest BCUT2D eigenvalue weighted by Crippen LogP contribution is -2.07. The zero-order valence-electron chi connectivity index (χ0n) is 10.4. The maximum Gasteiger partial charge on any atom is 0.387 e. The van der Waals surface area contributed by atoms with Crippen molar-refractivity contribution in [1.29, 1.82) is 0 Å². The van der Waals surface area contributed by atoms with Crippen LogP contribution >= 0.6 is 0 Å². The Kier molecular flexibility index (Phi) is 4.28. The Morgan fingerprint density at radius 3 is 2.79 bits per heavy atom. The third kappa shape index (κ3) is 3.91. The number of hydrogen-bond acceptors (Lipinski definition) is 3. The molecule has 1 heterocycles. The SMILES string of the molecule is Cc1cncc(NCc2ccccc2OC(F)F)c1. The molecule has 1 aromatic carbocycles. The van der Waals surface area contributed by atoms with E-state index in [-0.39, 0.29) is 5.75 Å². The summed E-state index contributed by atoms with van der Waals surface area (Å²) in [6.45, 7) is -0.484. The molecule has 0 saturated heterocycles. The number of aromatic nitrogens is 1. The van der Waals surface area contributed by atoms with Gasteiger partial charge in [0.25, 0.3) is 0 Å². The van der Waals surface area contributed by atoms with Crippen LogP contribution in [0, 0.1) is 6.92 Å². The van der Waals surface area contributed by atoms with Gasteiger partial charge in [-0.15, -0.1) is 0 Å². The van der Waals surface area contributed by atoms with E-state index in [0.29, 0.717) is 12.1 Å². The van der Waals surface area contributed by atoms with Gasteiger partial charge in [-0.2, -0.15) is 8.78 Å². The van der Waals surface area contributed by atoms with Crippen LogP contribution in [-0.4, -0.2) is 11.6 Å². The Bertz CT molecular complexity index is 546. The summed E-state index contributed by atoms with van der Waals surface area (Å²) in [4.78, 5) is 4.05. The number of alkyl halides is 2. The molecule has 0 saturated carbocycles. The van der Waals surface area contributed by atoms with Crippen LogP contribution in [0.3, 0.4) is 0 Å². The maximum absolute atomic E-state index is 12.3. The van der Waals surface area contributed by atoms with E-state index in [9.17, 15) is 8.78 Å². The van der Waals surface area contributed by atoms with E-state index in [2.05, 4.69) is 15.0 Å². The number of nitrogens with one attached hydrogen (secondary N) is 1. The standard InChI is InChI=1S/C14H14F2N2O/c1-10-6-12(9-17-7-10)18-8-11-4-2-3-5-13(11)19-14(15)16/h2-7,9,14,18H,8H2,1H3. The Labute approximate surface area is 110 Å². The van der Waals surface area contributed by atoms with E-state index >= 15 is 0 Å². The Hall–Kier alpha value is -2.17. The number of nitrogens with zero attached hydrogens (tertiary/aromatic N) is 1. The minimum absolute atomic E-state index is 0.186. The first kappa shape index (κ1) is 13.3. The van der Waals surface area contributed by atoms with Crippen molar-refractivity contribution in [3.8, 4) is 5.75 Å². The van der Waals surface area contributed by atoms with Gasteiger partial charge in [0, 0.05) is 24.5 Å². The number of ether oxygens (including phenoxy) is 1. The van der Waals surface area contributed by atoms with Gasteiger partial charge in [-0.3, -0.25) is 4.98 Å². The normalized spacial score (nSPS) is 10.5. The first-order chi connectivity index (χ1) is 9.15. The zero-order valence-corrected chi connectivity index (χ0v) is 10.4. The molecule has 1 N–H and O–H groups in total. The van der Waals surface area contributed by atoms with Crippen LogP contribution in [0.15, 0.2) is 42.7 Å². The number of aryl methyl sites for hydroxylation is 1. The first-order valence-corrected chi connectivity index (χ1v) is 5.83. The molecule has 0 aliphatic rings. The second kappa shape index (κ2) is 6.13. The Morgan fingerprint density at radius 2 is 2.05 bits per heavy atom. The van der Waals surface area contributed by atoms with Gasteiger partial charge in [0.2, 0.25) is 0 Å². The van der Waals surface area contributed by atoms with Gasteiger partial charge in [0.15, 0.2) is 0 Å². The quantitative estimate of drug-likeness (QED) is 0.895. The minimum atomic E-state index is -2.82. The molecule has 0 fully saturated rings. The van der Waals surface area contributed by atoms with Crippen molar-refractivity contribution >= 4 is 5.69 Å². The van der Waals surface area contributed by atoms with E-state index in [4.69, 9.17) is 0 Å². The van der Waals surface area contributed by atoms with Gasteiger partial charge in [-0.25, -0.2) is 0 Å². The molecule has 3 nitrogen and oxygen atoms in total. The molecule has 0 radical (unpaired) electrons. The highest BCUT2D eigenvalue weighted by Gasteiger charge is 2.08. The third-order valence-corrected chi connectivity index (χ3v) is 2.55. The average molecular weight is 264 g/mol. The molecule has 1 aromatic heterocycles. The monoisotopic (exact) mass is 264 g/mol. The fraction of sp³-hybridized carbons (Fsp3) is 0.214. The van der Waals surface area contributed by atoms with E-state index < -0.39 is 6.61 Å². The van der Waals surface area contributed by atoms with Gasteiger partial charge in [-0.05, 0) is 24.6 Å². The molecule has 19 heavy (non-hydrogen) atoms.